The van der Waals surface area contributed by atoms with E-state index in [0.29, 0.717) is 96.8 Å². The van der Waals surface area contributed by atoms with Crippen molar-refractivity contribution in [2.75, 3.05) is 52.5 Å². The van der Waals surface area contributed by atoms with E-state index in [0.717, 1.165) is 39.4 Å². The van der Waals surface area contributed by atoms with Gasteiger partial charge >= 0.3 is 35.2 Å². The fourth-order valence-corrected chi connectivity index (χ4v) is 5.23. The predicted octanol–water partition coefficient (Wildman–Crippen LogP) is 0.416. The van der Waals surface area contributed by atoms with E-state index in [1.807, 2.05) is 6.92 Å². The summed E-state index contributed by atoms with van der Waals surface area (Å²) in [4.78, 5) is 77.4. The van der Waals surface area contributed by atoms with Crippen LogP contribution in [0.5, 0.6) is 0 Å². The van der Waals surface area contributed by atoms with E-state index in [9.17, 15) is 28.8 Å². The standard InChI is InChI=1S/C33H63N9O9/c1-2-3-8-16-27(39-30(48)38-21-15-26-45)42-32(50)40(22-11-6-4-9-17-34-28(46)36-19-13-24-43)31(49)41(33(42)51)23-12-7-5-10-18-35-29(47)37-20-14-25-44/h27,43-45H,2-26H2,1H3,(H2,34,36,46)(H2,35,37,47)(H2,38,39,48). The van der Waals surface area contributed by atoms with Gasteiger partial charge in [-0.05, 0) is 57.8 Å². The third-order valence-corrected chi connectivity index (χ3v) is 8.08. The Bertz CT molecular complexity index is 1230. The molecule has 1 heterocycles. The molecule has 18 nitrogen and oxygen atoms in total. The van der Waals surface area contributed by atoms with E-state index in [1.165, 1.54) is 0 Å². The quantitative estimate of drug-likeness (QED) is 0.0518. The fraction of sp³-hybridized carbons (Fsp3) is 0.818. The number of aromatic nitrogens is 3. The third-order valence-electron chi connectivity index (χ3n) is 8.08. The SMILES string of the molecule is CCCCCC(NC(=O)NCCCO)n1c(=O)n(CCCCCCNC(=O)NCCCO)c(=O)n(CCCCCCNC(=O)NCCCO)c1=O. The number of nitrogens with zero attached hydrogens (tertiary/aromatic N) is 3. The summed E-state index contributed by atoms with van der Waals surface area (Å²) in [5, 5.41) is 42.9. The number of nitrogens with one attached hydrogen (secondary N) is 6. The van der Waals surface area contributed by atoms with E-state index in [1.54, 1.807) is 0 Å². The summed E-state index contributed by atoms with van der Waals surface area (Å²) in [5.41, 5.74) is -2.28. The summed E-state index contributed by atoms with van der Waals surface area (Å²) in [5.74, 6) is 0. The van der Waals surface area contributed by atoms with Crippen molar-refractivity contribution in [3.8, 4) is 0 Å². The first-order valence-electron chi connectivity index (χ1n) is 18.6. The van der Waals surface area contributed by atoms with Crippen molar-refractivity contribution in [2.24, 2.45) is 0 Å². The van der Waals surface area contributed by atoms with Crippen molar-refractivity contribution in [2.45, 2.75) is 122 Å². The van der Waals surface area contributed by atoms with Crippen LogP contribution in [0.3, 0.4) is 0 Å². The van der Waals surface area contributed by atoms with E-state index < -0.39 is 29.3 Å². The molecule has 0 radical (unpaired) electrons. The Morgan fingerprint density at radius 2 is 0.902 bits per heavy atom. The molecule has 294 valence electrons. The fourth-order valence-electron chi connectivity index (χ4n) is 5.23. The maximum Gasteiger partial charge on any atom is 0.338 e. The molecule has 0 aliphatic rings. The predicted molar refractivity (Wildman–Crippen MR) is 194 cm³/mol. The second kappa shape index (κ2) is 28.8. The topological polar surface area (TPSA) is 250 Å². The zero-order chi connectivity index (χ0) is 37.7. The summed E-state index contributed by atoms with van der Waals surface area (Å²) in [7, 11) is 0. The third kappa shape index (κ3) is 19.3. The molecular formula is C33H63N9O9. The zero-order valence-electron chi connectivity index (χ0n) is 30.4. The van der Waals surface area contributed by atoms with Crippen LogP contribution < -0.4 is 49.0 Å². The number of amides is 6. The first-order valence-corrected chi connectivity index (χ1v) is 18.6. The average molecular weight is 730 g/mol. The van der Waals surface area contributed by atoms with Crippen LogP contribution in [0.2, 0.25) is 0 Å². The van der Waals surface area contributed by atoms with Crippen molar-refractivity contribution >= 4 is 18.1 Å². The number of hydrogen-bond donors (Lipinski definition) is 9. The number of unbranched alkanes of at least 4 members (excludes halogenated alkanes) is 8. The zero-order valence-corrected chi connectivity index (χ0v) is 30.4. The van der Waals surface area contributed by atoms with Gasteiger partial charge in [-0.3, -0.25) is 0 Å². The molecule has 6 amide bonds. The molecule has 0 saturated carbocycles. The molecule has 1 rings (SSSR count). The molecular weight excluding hydrogens is 666 g/mol. The van der Waals surface area contributed by atoms with Crippen LogP contribution in [0.25, 0.3) is 0 Å². The molecule has 0 saturated heterocycles. The number of aliphatic hydroxyl groups excluding tert-OH is 3. The van der Waals surface area contributed by atoms with Gasteiger partial charge in [0.2, 0.25) is 0 Å². The van der Waals surface area contributed by atoms with Gasteiger partial charge in [0.05, 0.1) is 0 Å². The highest BCUT2D eigenvalue weighted by molar-refractivity contribution is 5.74. The second-order valence-corrected chi connectivity index (χ2v) is 12.4. The molecule has 18 heteroatoms. The Morgan fingerprint density at radius 3 is 1.31 bits per heavy atom. The molecule has 0 spiro atoms. The summed E-state index contributed by atoms with van der Waals surface area (Å²) in [6.07, 6.45) is 8.03. The number of carbonyl (C=O) groups is 3. The lowest BCUT2D eigenvalue weighted by atomic mass is 10.1. The van der Waals surface area contributed by atoms with Gasteiger partial charge in [-0.1, -0.05) is 45.4 Å². The number of rotatable bonds is 29. The van der Waals surface area contributed by atoms with Crippen LogP contribution in [0.1, 0.15) is 109 Å². The number of urea groups is 3. The van der Waals surface area contributed by atoms with E-state index in [4.69, 9.17) is 15.3 Å². The van der Waals surface area contributed by atoms with Gasteiger partial charge < -0.3 is 47.2 Å². The van der Waals surface area contributed by atoms with Crippen LogP contribution in [0.4, 0.5) is 14.4 Å². The molecule has 0 fully saturated rings. The lowest BCUT2D eigenvalue weighted by Gasteiger charge is -2.23. The Labute approximate surface area is 299 Å². The van der Waals surface area contributed by atoms with Crippen molar-refractivity contribution in [1.82, 2.24) is 45.6 Å². The maximum absolute atomic E-state index is 13.8. The monoisotopic (exact) mass is 729 g/mol. The molecule has 0 bridgehead atoms. The Kier molecular flexibility index (Phi) is 25.4. The van der Waals surface area contributed by atoms with E-state index in [-0.39, 0.29) is 51.5 Å². The van der Waals surface area contributed by atoms with Gasteiger partial charge in [0.15, 0.2) is 0 Å². The van der Waals surface area contributed by atoms with Gasteiger partial charge in [0.1, 0.15) is 6.17 Å². The Balaban J connectivity index is 3.05. The Hall–Kier alpha value is -3.90. The average Bonchev–Trinajstić information content (AvgIpc) is 3.10. The first kappa shape index (κ1) is 45.1. The normalized spacial score (nSPS) is 11.5. The van der Waals surface area contributed by atoms with Crippen molar-refractivity contribution in [3.05, 3.63) is 31.5 Å². The highest BCUT2D eigenvalue weighted by Gasteiger charge is 2.23. The molecule has 1 aromatic heterocycles. The molecule has 51 heavy (non-hydrogen) atoms. The Morgan fingerprint density at radius 1 is 0.510 bits per heavy atom. The van der Waals surface area contributed by atoms with Crippen molar-refractivity contribution in [3.63, 3.8) is 0 Å². The first-order chi connectivity index (χ1) is 24.7. The lowest BCUT2D eigenvalue weighted by Crippen LogP contribution is -2.58. The minimum absolute atomic E-state index is 0.00277. The van der Waals surface area contributed by atoms with Crippen LogP contribution >= 0.6 is 0 Å². The molecule has 1 aromatic rings. The molecule has 0 aliphatic carbocycles. The smallest absolute Gasteiger partial charge is 0.338 e. The minimum Gasteiger partial charge on any atom is -0.396 e. The van der Waals surface area contributed by atoms with Crippen molar-refractivity contribution < 1.29 is 29.7 Å². The van der Waals surface area contributed by atoms with Crippen LogP contribution in [-0.2, 0) is 13.1 Å². The molecule has 1 unspecified atom stereocenters. The largest absolute Gasteiger partial charge is 0.396 e. The number of carbonyl (C=O) groups excluding carboxylic acids is 3. The van der Waals surface area contributed by atoms with Crippen LogP contribution in [-0.4, -0.2) is 99.7 Å². The second-order valence-electron chi connectivity index (χ2n) is 12.4. The maximum atomic E-state index is 13.8. The number of hydrogen-bond acceptors (Lipinski definition) is 9. The number of aliphatic hydroxyl groups is 3. The van der Waals surface area contributed by atoms with Crippen LogP contribution in [0, 0.1) is 0 Å². The van der Waals surface area contributed by atoms with E-state index in [2.05, 4.69) is 31.9 Å². The van der Waals surface area contributed by atoms with Gasteiger partial charge in [-0.15, -0.1) is 0 Å². The van der Waals surface area contributed by atoms with Crippen molar-refractivity contribution in [1.29, 1.82) is 0 Å². The summed E-state index contributed by atoms with van der Waals surface area (Å²) in [6.45, 7) is 3.90. The minimum atomic E-state index is -0.993. The van der Waals surface area contributed by atoms with Gasteiger partial charge in [-0.2, -0.15) is 0 Å². The summed E-state index contributed by atoms with van der Waals surface area (Å²) < 4.78 is 3.10. The van der Waals surface area contributed by atoms with Gasteiger partial charge in [0, 0.05) is 65.6 Å². The van der Waals surface area contributed by atoms with E-state index >= 15 is 0 Å². The summed E-state index contributed by atoms with van der Waals surface area (Å²) >= 11 is 0. The molecule has 9 N–H and O–H groups in total. The molecule has 0 aromatic carbocycles. The lowest BCUT2D eigenvalue weighted by molar-refractivity contribution is 0.223. The van der Waals surface area contributed by atoms with Gasteiger partial charge in [-0.25, -0.2) is 42.5 Å². The van der Waals surface area contributed by atoms with Crippen LogP contribution in [0.15, 0.2) is 14.4 Å². The molecule has 1 atom stereocenters. The van der Waals surface area contributed by atoms with Gasteiger partial charge in [0.25, 0.3) is 0 Å². The summed E-state index contributed by atoms with van der Waals surface area (Å²) in [6, 6.07) is -1.21. The highest BCUT2D eigenvalue weighted by Crippen LogP contribution is 2.10. The highest BCUT2D eigenvalue weighted by atomic mass is 16.3. The molecule has 0 aliphatic heterocycles.